The molecule has 1 saturated heterocycles. The number of likely N-dealkylation sites (tertiary alicyclic amines) is 1. The van der Waals surface area contributed by atoms with Gasteiger partial charge in [0.15, 0.2) is 0 Å². The number of ether oxygens (including phenoxy) is 1. The first kappa shape index (κ1) is 18.8. The maximum Gasteiger partial charge on any atom is 0.222 e. The highest BCUT2D eigenvalue weighted by Crippen LogP contribution is 2.66. The molecule has 0 spiro atoms. The lowest BCUT2D eigenvalue weighted by Gasteiger charge is -2.62. The van der Waals surface area contributed by atoms with E-state index in [9.17, 15) is 4.79 Å². The average molecular weight is 362 g/mol. The van der Waals surface area contributed by atoms with E-state index in [1.807, 2.05) is 0 Å². The summed E-state index contributed by atoms with van der Waals surface area (Å²) in [4.78, 5) is 14.4. The molecule has 0 unspecified atom stereocenters. The monoisotopic (exact) mass is 361 g/mol. The van der Waals surface area contributed by atoms with E-state index in [1.54, 1.807) is 0 Å². The molecule has 3 aliphatic carbocycles. The highest BCUT2D eigenvalue weighted by Gasteiger charge is 2.63. The van der Waals surface area contributed by atoms with Gasteiger partial charge in [0, 0.05) is 26.1 Å². The lowest BCUT2D eigenvalue weighted by molar-refractivity contribution is -0.163. The van der Waals surface area contributed by atoms with Crippen LogP contribution in [0.5, 0.6) is 0 Å². The van der Waals surface area contributed by atoms with E-state index in [0.29, 0.717) is 28.9 Å². The number of hydrogen-bond acceptors (Lipinski definition) is 2. The van der Waals surface area contributed by atoms with Crippen molar-refractivity contribution < 1.29 is 9.53 Å². The van der Waals surface area contributed by atoms with Crippen molar-refractivity contribution in [2.45, 2.75) is 91.2 Å². The fourth-order valence-electron chi connectivity index (χ4n) is 8.15. The molecule has 0 N–H and O–H groups in total. The van der Waals surface area contributed by atoms with E-state index in [1.165, 1.54) is 32.1 Å². The van der Waals surface area contributed by atoms with Crippen LogP contribution in [0.15, 0.2) is 0 Å². The summed E-state index contributed by atoms with van der Waals surface area (Å²) in [6.07, 6.45) is 9.88. The fourth-order valence-corrected chi connectivity index (χ4v) is 8.15. The minimum atomic E-state index is 0.328. The molecule has 0 bridgehead atoms. The number of carbonyl (C=O) groups is 1. The normalized spacial score (nSPS) is 51.0. The van der Waals surface area contributed by atoms with Gasteiger partial charge in [-0.3, -0.25) is 4.79 Å². The Balaban J connectivity index is 1.61. The predicted octanol–water partition coefficient (Wildman–Crippen LogP) is 4.89. The highest BCUT2D eigenvalue weighted by atomic mass is 16.5. The zero-order valence-electron chi connectivity index (χ0n) is 17.6. The maximum atomic E-state index is 12.3. The molecule has 3 nitrogen and oxygen atoms in total. The molecule has 3 saturated carbocycles. The summed E-state index contributed by atoms with van der Waals surface area (Å²) in [5.74, 6) is 3.58. The van der Waals surface area contributed by atoms with Crippen LogP contribution in [0, 0.1) is 34.5 Å². The van der Waals surface area contributed by atoms with Crippen LogP contribution >= 0.6 is 0 Å². The van der Waals surface area contributed by atoms with E-state index in [4.69, 9.17) is 4.74 Å². The van der Waals surface area contributed by atoms with E-state index in [0.717, 1.165) is 49.5 Å². The first-order chi connectivity index (χ1) is 12.3. The number of hydrogen-bond donors (Lipinski definition) is 0. The largest absolute Gasteiger partial charge is 0.378 e. The van der Waals surface area contributed by atoms with E-state index in [2.05, 4.69) is 39.6 Å². The van der Waals surface area contributed by atoms with Crippen molar-refractivity contribution >= 4 is 5.91 Å². The number of amides is 1. The van der Waals surface area contributed by atoms with Crippen molar-refractivity contribution in [1.29, 1.82) is 0 Å². The molecule has 26 heavy (non-hydrogen) atoms. The van der Waals surface area contributed by atoms with Gasteiger partial charge < -0.3 is 9.64 Å². The minimum absolute atomic E-state index is 0.328. The summed E-state index contributed by atoms with van der Waals surface area (Å²) in [5.41, 5.74) is 0.699. The third-order valence-corrected chi connectivity index (χ3v) is 9.31. The van der Waals surface area contributed by atoms with E-state index >= 15 is 0 Å². The molecule has 4 fully saturated rings. The van der Waals surface area contributed by atoms with Crippen LogP contribution in [0.1, 0.15) is 79.1 Å². The SMILES string of the molecule is CCCO[C@H]1C[C@H](C)[C@H]2[C@@H]3CC[C@H]4N(C)C(=O)CC[C@]4(C)[C@H]3CC[C@@]21C. The Morgan fingerprint density at radius 3 is 2.65 bits per heavy atom. The summed E-state index contributed by atoms with van der Waals surface area (Å²) in [6.45, 7) is 10.7. The molecule has 0 aromatic rings. The summed E-state index contributed by atoms with van der Waals surface area (Å²) < 4.78 is 6.38. The standard InChI is InChI=1S/C23H39NO2/c1-6-13-26-19-14-15(2)21-16-7-8-18-22(3,12-10-20(25)24(18)5)17(16)9-11-23(19,21)4/h15-19,21H,6-14H2,1-5H3/t15-,16+,17-,18+,19-,21-,22+,23+/m0/s1. The zero-order valence-corrected chi connectivity index (χ0v) is 17.6. The molecule has 8 atom stereocenters. The third-order valence-electron chi connectivity index (χ3n) is 9.31. The molecule has 0 aromatic heterocycles. The second-order valence-corrected chi connectivity index (χ2v) is 10.5. The Kier molecular flexibility index (Phi) is 4.69. The van der Waals surface area contributed by atoms with Crippen molar-refractivity contribution in [1.82, 2.24) is 4.90 Å². The molecular weight excluding hydrogens is 322 g/mol. The van der Waals surface area contributed by atoms with Gasteiger partial charge in [-0.2, -0.15) is 0 Å². The van der Waals surface area contributed by atoms with Crippen molar-refractivity contribution in [3.05, 3.63) is 0 Å². The summed E-state index contributed by atoms with van der Waals surface area (Å²) in [7, 11) is 2.06. The van der Waals surface area contributed by atoms with Gasteiger partial charge in [-0.25, -0.2) is 0 Å². The highest BCUT2D eigenvalue weighted by molar-refractivity contribution is 5.77. The Morgan fingerprint density at radius 1 is 1.15 bits per heavy atom. The Bertz CT molecular complexity index is 562. The second kappa shape index (κ2) is 6.50. The molecule has 4 aliphatic rings. The molecule has 1 aliphatic heterocycles. The van der Waals surface area contributed by atoms with Crippen LogP contribution in [0.25, 0.3) is 0 Å². The number of nitrogens with zero attached hydrogens (tertiary/aromatic N) is 1. The minimum Gasteiger partial charge on any atom is -0.378 e. The van der Waals surface area contributed by atoms with Crippen molar-refractivity contribution in [2.75, 3.05) is 13.7 Å². The van der Waals surface area contributed by atoms with Crippen LogP contribution in [0.4, 0.5) is 0 Å². The van der Waals surface area contributed by atoms with E-state index in [-0.39, 0.29) is 0 Å². The van der Waals surface area contributed by atoms with Gasteiger partial charge in [0.1, 0.15) is 0 Å². The van der Waals surface area contributed by atoms with E-state index < -0.39 is 0 Å². The molecule has 4 rings (SSSR count). The Labute approximate surface area is 160 Å². The third kappa shape index (κ3) is 2.52. The number of carbonyl (C=O) groups excluding carboxylic acids is 1. The van der Waals surface area contributed by atoms with Crippen molar-refractivity contribution in [3.63, 3.8) is 0 Å². The zero-order chi connectivity index (χ0) is 18.7. The van der Waals surface area contributed by atoms with Gasteiger partial charge in [0.25, 0.3) is 0 Å². The molecule has 148 valence electrons. The molecule has 3 heteroatoms. The summed E-state index contributed by atoms with van der Waals surface area (Å²) in [6, 6.07) is 0.471. The number of piperidine rings is 1. The van der Waals surface area contributed by atoms with Crippen LogP contribution in [-0.2, 0) is 9.53 Å². The lowest BCUT2D eigenvalue weighted by Crippen LogP contribution is -2.61. The maximum absolute atomic E-state index is 12.3. The van der Waals surface area contributed by atoms with Crippen molar-refractivity contribution in [3.8, 4) is 0 Å². The van der Waals surface area contributed by atoms with Gasteiger partial charge in [0.2, 0.25) is 5.91 Å². The second-order valence-electron chi connectivity index (χ2n) is 10.5. The van der Waals surface area contributed by atoms with Gasteiger partial charge in [0.05, 0.1) is 6.10 Å². The Morgan fingerprint density at radius 2 is 1.92 bits per heavy atom. The van der Waals surface area contributed by atoms with Crippen LogP contribution in [0.2, 0.25) is 0 Å². The van der Waals surface area contributed by atoms with Crippen LogP contribution in [-0.4, -0.2) is 36.6 Å². The predicted molar refractivity (Wildman–Crippen MR) is 105 cm³/mol. The van der Waals surface area contributed by atoms with Crippen molar-refractivity contribution in [2.24, 2.45) is 34.5 Å². The topological polar surface area (TPSA) is 29.5 Å². The first-order valence-corrected chi connectivity index (χ1v) is 11.2. The van der Waals surface area contributed by atoms with Crippen LogP contribution in [0.3, 0.4) is 0 Å². The molecular formula is C23H39NO2. The van der Waals surface area contributed by atoms with Gasteiger partial charge in [-0.05, 0) is 79.4 Å². The smallest absolute Gasteiger partial charge is 0.222 e. The summed E-state index contributed by atoms with van der Waals surface area (Å²) >= 11 is 0. The molecule has 1 heterocycles. The number of rotatable bonds is 3. The molecule has 0 radical (unpaired) electrons. The first-order valence-electron chi connectivity index (χ1n) is 11.2. The van der Waals surface area contributed by atoms with Gasteiger partial charge in [-0.15, -0.1) is 0 Å². The van der Waals surface area contributed by atoms with Gasteiger partial charge >= 0.3 is 0 Å². The van der Waals surface area contributed by atoms with Crippen LogP contribution < -0.4 is 0 Å². The number of fused-ring (bicyclic) bond motifs is 5. The fraction of sp³-hybridized carbons (Fsp3) is 0.957. The summed E-state index contributed by atoms with van der Waals surface area (Å²) in [5, 5.41) is 0. The average Bonchev–Trinajstić information content (AvgIpc) is 2.87. The van der Waals surface area contributed by atoms with Gasteiger partial charge in [-0.1, -0.05) is 27.7 Å². The molecule has 0 aromatic carbocycles. The quantitative estimate of drug-likeness (QED) is 0.716. The Hall–Kier alpha value is -0.570. The molecule has 1 amide bonds. The lowest BCUT2D eigenvalue weighted by atomic mass is 9.46.